The van der Waals surface area contributed by atoms with Crippen molar-refractivity contribution in [1.82, 2.24) is 19.7 Å². The summed E-state index contributed by atoms with van der Waals surface area (Å²) in [4.78, 5) is 19.0. The van der Waals surface area contributed by atoms with Gasteiger partial charge in [0.05, 0.1) is 23.9 Å². The molecule has 0 aliphatic heterocycles. The Labute approximate surface area is 196 Å². The number of aryl methyl sites for hydroxylation is 1. The van der Waals surface area contributed by atoms with Gasteiger partial charge in [0.15, 0.2) is 11.0 Å². The number of nitriles is 1. The Kier molecular flexibility index (Phi) is 7.12. The molecule has 2 aromatic heterocycles. The zero-order valence-electron chi connectivity index (χ0n) is 18.1. The van der Waals surface area contributed by atoms with E-state index in [0.717, 1.165) is 22.5 Å². The van der Waals surface area contributed by atoms with E-state index in [1.54, 1.807) is 17.3 Å². The Balaban J connectivity index is 1.64. The minimum absolute atomic E-state index is 0.0938. The minimum Gasteiger partial charge on any atom is -0.311 e. The van der Waals surface area contributed by atoms with Crippen molar-refractivity contribution in [1.29, 1.82) is 5.26 Å². The van der Waals surface area contributed by atoms with Crippen LogP contribution in [-0.2, 0) is 4.79 Å². The lowest BCUT2D eigenvalue weighted by molar-refractivity contribution is -0.116. The van der Waals surface area contributed by atoms with Gasteiger partial charge in [-0.3, -0.25) is 14.3 Å². The molecule has 4 aromatic rings. The highest BCUT2D eigenvalue weighted by atomic mass is 32.2. The summed E-state index contributed by atoms with van der Waals surface area (Å²) >= 11 is 1.33. The second-order valence-corrected chi connectivity index (χ2v) is 8.19. The number of carbonyl (C=O) groups excluding carboxylic acids is 1. The summed E-state index contributed by atoms with van der Waals surface area (Å²) in [6.07, 6.45) is 3.72. The summed E-state index contributed by atoms with van der Waals surface area (Å²) in [5.41, 5.74) is 3.62. The van der Waals surface area contributed by atoms with Crippen LogP contribution in [0.2, 0.25) is 0 Å². The van der Waals surface area contributed by atoms with Crippen LogP contribution in [0, 0.1) is 18.3 Å². The van der Waals surface area contributed by atoms with E-state index in [9.17, 15) is 4.79 Å². The molecule has 0 aliphatic rings. The van der Waals surface area contributed by atoms with Gasteiger partial charge in [-0.2, -0.15) is 5.26 Å². The number of hydrogen-bond donors (Lipinski definition) is 0. The van der Waals surface area contributed by atoms with Crippen LogP contribution in [0.1, 0.15) is 12.0 Å². The summed E-state index contributed by atoms with van der Waals surface area (Å²) in [5, 5.41) is 18.5. The highest BCUT2D eigenvalue weighted by Crippen LogP contribution is 2.29. The first kappa shape index (κ1) is 22.2. The maximum Gasteiger partial charge on any atom is 0.237 e. The molecule has 33 heavy (non-hydrogen) atoms. The molecule has 2 heterocycles. The number of benzene rings is 2. The third-order valence-corrected chi connectivity index (χ3v) is 5.96. The average Bonchev–Trinajstić information content (AvgIpc) is 3.28. The van der Waals surface area contributed by atoms with Gasteiger partial charge in [0, 0.05) is 30.2 Å². The molecule has 7 nitrogen and oxygen atoms in total. The molecule has 0 spiro atoms. The van der Waals surface area contributed by atoms with Crippen LogP contribution in [0.25, 0.3) is 17.1 Å². The summed E-state index contributed by atoms with van der Waals surface area (Å²) in [7, 11) is 0. The van der Waals surface area contributed by atoms with E-state index in [-0.39, 0.29) is 18.1 Å². The zero-order chi connectivity index (χ0) is 23.0. The average molecular weight is 455 g/mol. The van der Waals surface area contributed by atoms with E-state index in [0.29, 0.717) is 17.5 Å². The van der Waals surface area contributed by atoms with Crippen molar-refractivity contribution in [2.45, 2.75) is 18.5 Å². The molecule has 0 saturated carbocycles. The molecule has 0 atom stereocenters. The number of hydrogen-bond acceptors (Lipinski definition) is 6. The molecule has 0 radical (unpaired) electrons. The smallest absolute Gasteiger partial charge is 0.237 e. The number of nitrogens with zero attached hydrogens (tertiary/aromatic N) is 6. The SMILES string of the molecule is Cc1ccccc1-n1c(SCC(=O)N(CCC#N)c2ccccc2)nnc1-c1cccnc1. The van der Waals surface area contributed by atoms with Crippen LogP contribution in [0.15, 0.2) is 84.3 Å². The highest BCUT2D eigenvalue weighted by Gasteiger charge is 2.21. The molecule has 0 fully saturated rings. The maximum atomic E-state index is 13.1. The summed E-state index contributed by atoms with van der Waals surface area (Å²) in [6.45, 7) is 2.37. The van der Waals surface area contributed by atoms with Crippen molar-refractivity contribution in [2.24, 2.45) is 0 Å². The van der Waals surface area contributed by atoms with Crippen molar-refractivity contribution in [3.8, 4) is 23.1 Å². The molecule has 8 heteroatoms. The first-order valence-electron chi connectivity index (χ1n) is 10.5. The van der Waals surface area contributed by atoms with Crippen LogP contribution in [-0.4, -0.2) is 38.0 Å². The Morgan fingerprint density at radius 3 is 2.58 bits per heavy atom. The number of thioether (sulfide) groups is 1. The molecule has 0 saturated heterocycles. The molecule has 4 rings (SSSR count). The minimum atomic E-state index is -0.0938. The van der Waals surface area contributed by atoms with Crippen LogP contribution in [0.4, 0.5) is 5.69 Å². The van der Waals surface area contributed by atoms with Gasteiger partial charge in [-0.25, -0.2) is 0 Å². The van der Waals surface area contributed by atoms with Gasteiger partial charge in [0.2, 0.25) is 5.91 Å². The standard InChI is InChI=1S/C25H22N6OS/c1-19-9-5-6-13-22(19)31-24(20-10-7-15-27-17-20)28-29-25(31)33-18-23(32)30(16-8-14-26)21-11-3-2-4-12-21/h2-7,9-13,15,17H,8,16,18H2,1H3. The fourth-order valence-corrected chi connectivity index (χ4v) is 4.27. The predicted octanol–water partition coefficient (Wildman–Crippen LogP) is 4.68. The normalized spacial score (nSPS) is 10.5. The Hall–Kier alpha value is -3.96. The summed E-state index contributed by atoms with van der Waals surface area (Å²) in [5.74, 6) is 0.734. The van der Waals surface area contributed by atoms with Gasteiger partial charge in [0.1, 0.15) is 0 Å². The monoisotopic (exact) mass is 454 g/mol. The number of carbonyl (C=O) groups is 1. The van der Waals surface area contributed by atoms with E-state index in [2.05, 4.69) is 21.3 Å². The molecular weight excluding hydrogens is 432 g/mol. The molecule has 0 N–H and O–H groups in total. The Bertz CT molecular complexity index is 1270. The van der Waals surface area contributed by atoms with Gasteiger partial charge >= 0.3 is 0 Å². The van der Waals surface area contributed by atoms with E-state index in [4.69, 9.17) is 5.26 Å². The maximum absolute atomic E-state index is 13.1. The zero-order valence-corrected chi connectivity index (χ0v) is 18.9. The molecule has 0 aliphatic carbocycles. The number of amides is 1. The third kappa shape index (κ3) is 5.10. The van der Waals surface area contributed by atoms with Gasteiger partial charge in [0.25, 0.3) is 0 Å². The van der Waals surface area contributed by atoms with Crippen molar-refractivity contribution in [3.05, 3.63) is 84.7 Å². The summed E-state index contributed by atoms with van der Waals surface area (Å²) in [6, 6.07) is 23.3. The first-order chi connectivity index (χ1) is 16.2. The van der Waals surface area contributed by atoms with Gasteiger partial charge < -0.3 is 4.90 Å². The van der Waals surface area contributed by atoms with E-state index >= 15 is 0 Å². The number of pyridine rings is 1. The second kappa shape index (κ2) is 10.6. The molecular formula is C25H22N6OS. The molecule has 0 unspecified atom stereocenters. The fourth-order valence-electron chi connectivity index (χ4n) is 3.45. The number of anilines is 1. The van der Waals surface area contributed by atoms with Crippen LogP contribution >= 0.6 is 11.8 Å². The largest absolute Gasteiger partial charge is 0.311 e. The van der Waals surface area contributed by atoms with Crippen molar-refractivity contribution in [2.75, 3.05) is 17.2 Å². The Morgan fingerprint density at radius 2 is 1.85 bits per heavy atom. The highest BCUT2D eigenvalue weighted by molar-refractivity contribution is 7.99. The second-order valence-electron chi connectivity index (χ2n) is 7.25. The van der Waals surface area contributed by atoms with Gasteiger partial charge in [-0.1, -0.05) is 48.2 Å². The number of rotatable bonds is 8. The van der Waals surface area contributed by atoms with E-state index in [1.165, 1.54) is 11.8 Å². The lowest BCUT2D eigenvalue weighted by Crippen LogP contribution is -2.33. The van der Waals surface area contributed by atoms with E-state index in [1.807, 2.05) is 78.2 Å². The van der Waals surface area contributed by atoms with Crippen LogP contribution in [0.5, 0.6) is 0 Å². The van der Waals surface area contributed by atoms with E-state index < -0.39 is 0 Å². The summed E-state index contributed by atoms with van der Waals surface area (Å²) < 4.78 is 1.96. The lowest BCUT2D eigenvalue weighted by atomic mass is 10.2. The van der Waals surface area contributed by atoms with Crippen LogP contribution < -0.4 is 4.90 Å². The molecule has 1 amide bonds. The van der Waals surface area contributed by atoms with Crippen molar-refractivity contribution < 1.29 is 4.79 Å². The molecule has 164 valence electrons. The lowest BCUT2D eigenvalue weighted by Gasteiger charge is -2.21. The third-order valence-electron chi connectivity index (χ3n) is 5.05. The topological polar surface area (TPSA) is 87.7 Å². The van der Waals surface area contributed by atoms with Crippen molar-refractivity contribution >= 4 is 23.4 Å². The fraction of sp³-hybridized carbons (Fsp3) is 0.160. The van der Waals surface area contributed by atoms with Gasteiger partial charge in [-0.05, 0) is 42.8 Å². The molecule has 2 aromatic carbocycles. The van der Waals surface area contributed by atoms with Gasteiger partial charge in [-0.15, -0.1) is 10.2 Å². The van der Waals surface area contributed by atoms with Crippen LogP contribution in [0.3, 0.4) is 0 Å². The number of para-hydroxylation sites is 2. The molecule has 0 bridgehead atoms. The quantitative estimate of drug-likeness (QED) is 0.359. The Morgan fingerprint density at radius 1 is 1.06 bits per heavy atom. The predicted molar refractivity (Wildman–Crippen MR) is 129 cm³/mol. The first-order valence-corrected chi connectivity index (χ1v) is 11.4. The van der Waals surface area contributed by atoms with Crippen molar-refractivity contribution in [3.63, 3.8) is 0 Å². The number of aromatic nitrogens is 4.